The van der Waals surface area contributed by atoms with Crippen LogP contribution in [0.15, 0.2) is 99.9 Å². The number of methoxy groups -OCH3 is 1. The Bertz CT molecular complexity index is 1570. The van der Waals surface area contributed by atoms with Crippen LogP contribution in [0, 0.1) is 0 Å². The van der Waals surface area contributed by atoms with Gasteiger partial charge in [0, 0.05) is 33.7 Å². The van der Waals surface area contributed by atoms with Gasteiger partial charge in [-0.2, -0.15) is 5.10 Å². The van der Waals surface area contributed by atoms with Crippen molar-refractivity contribution in [2.45, 2.75) is 5.16 Å². The van der Waals surface area contributed by atoms with Crippen LogP contribution in [0.3, 0.4) is 0 Å². The van der Waals surface area contributed by atoms with E-state index < -0.39 is 0 Å². The van der Waals surface area contributed by atoms with Gasteiger partial charge in [-0.25, -0.2) is 5.43 Å². The summed E-state index contributed by atoms with van der Waals surface area (Å²) in [6.45, 7) is 0. The monoisotopic (exact) mass is 572 g/mol. The van der Waals surface area contributed by atoms with Gasteiger partial charge in [-0.05, 0) is 53.2 Å². The number of halogens is 1. The molecule has 0 radical (unpaired) electrons. The van der Waals surface area contributed by atoms with Crippen molar-refractivity contribution in [3.63, 3.8) is 0 Å². The maximum absolute atomic E-state index is 12.6. The maximum Gasteiger partial charge on any atom is 0.250 e. The number of hydrogen-bond acceptors (Lipinski definition) is 7. The van der Waals surface area contributed by atoms with Gasteiger partial charge in [0.25, 0.3) is 5.91 Å². The highest BCUT2D eigenvalue weighted by molar-refractivity contribution is 9.10. The largest absolute Gasteiger partial charge is 0.496 e. The fourth-order valence-electron chi connectivity index (χ4n) is 3.79. The molecule has 1 amide bonds. The van der Waals surface area contributed by atoms with Gasteiger partial charge in [-0.1, -0.05) is 58.0 Å². The van der Waals surface area contributed by atoms with E-state index in [1.54, 1.807) is 25.7 Å². The van der Waals surface area contributed by atoms with Gasteiger partial charge in [0.05, 0.1) is 19.1 Å². The highest BCUT2D eigenvalue weighted by Gasteiger charge is 2.17. The molecular formula is C27H21BrN6O2S. The van der Waals surface area contributed by atoms with Crippen LogP contribution >= 0.6 is 27.7 Å². The molecule has 184 valence electrons. The van der Waals surface area contributed by atoms with Crippen LogP contribution < -0.4 is 10.2 Å². The van der Waals surface area contributed by atoms with Gasteiger partial charge in [0.15, 0.2) is 11.0 Å². The van der Waals surface area contributed by atoms with Gasteiger partial charge in [0.2, 0.25) is 0 Å². The molecule has 5 aromatic rings. The van der Waals surface area contributed by atoms with E-state index >= 15 is 0 Å². The second kappa shape index (κ2) is 11.4. The summed E-state index contributed by atoms with van der Waals surface area (Å²) >= 11 is 4.75. The average molecular weight is 573 g/mol. The number of rotatable bonds is 8. The molecule has 0 bridgehead atoms. The number of amides is 1. The number of carbonyl (C=O) groups is 1. The number of hydrazone groups is 1. The third-order valence-electron chi connectivity index (χ3n) is 5.50. The van der Waals surface area contributed by atoms with Gasteiger partial charge < -0.3 is 4.74 Å². The fraction of sp³-hybridized carbons (Fsp3) is 0.0741. The SMILES string of the molecule is COc1ccc2ccccc2c1C=NNC(=O)CSc1nnc(-c2cccnc2)n1-c1ccc(Br)cc1. The molecule has 2 aromatic heterocycles. The lowest BCUT2D eigenvalue weighted by atomic mass is 10.0. The zero-order valence-corrected chi connectivity index (χ0v) is 22.1. The van der Waals surface area contributed by atoms with Crippen LogP contribution in [0.25, 0.3) is 27.8 Å². The molecule has 0 aliphatic heterocycles. The van der Waals surface area contributed by atoms with Crippen molar-refractivity contribution < 1.29 is 9.53 Å². The van der Waals surface area contributed by atoms with Gasteiger partial charge in [-0.3, -0.25) is 14.3 Å². The van der Waals surface area contributed by atoms with Crippen molar-refractivity contribution in [2.24, 2.45) is 5.10 Å². The molecule has 0 spiro atoms. The first-order valence-corrected chi connectivity index (χ1v) is 13.0. The van der Waals surface area contributed by atoms with Gasteiger partial charge in [-0.15, -0.1) is 10.2 Å². The summed E-state index contributed by atoms with van der Waals surface area (Å²) in [7, 11) is 1.61. The van der Waals surface area contributed by atoms with Crippen molar-refractivity contribution in [3.05, 3.63) is 95.2 Å². The highest BCUT2D eigenvalue weighted by Crippen LogP contribution is 2.29. The number of pyridine rings is 1. The molecule has 10 heteroatoms. The Kier molecular flexibility index (Phi) is 7.57. The Morgan fingerprint density at radius 1 is 1.08 bits per heavy atom. The van der Waals surface area contributed by atoms with E-state index in [2.05, 4.69) is 41.6 Å². The van der Waals surface area contributed by atoms with E-state index in [1.807, 2.05) is 77.4 Å². The number of nitrogens with one attached hydrogen (secondary N) is 1. The zero-order valence-electron chi connectivity index (χ0n) is 19.7. The first-order valence-electron chi connectivity index (χ1n) is 11.3. The second-order valence-electron chi connectivity index (χ2n) is 7.84. The van der Waals surface area contributed by atoms with Crippen LogP contribution in [-0.2, 0) is 4.79 Å². The number of hydrogen-bond donors (Lipinski definition) is 1. The minimum Gasteiger partial charge on any atom is -0.496 e. The summed E-state index contributed by atoms with van der Waals surface area (Å²) < 4.78 is 8.35. The first kappa shape index (κ1) is 24.7. The summed E-state index contributed by atoms with van der Waals surface area (Å²) in [5.74, 6) is 1.15. The molecule has 0 aliphatic rings. The molecule has 2 heterocycles. The van der Waals surface area contributed by atoms with E-state index in [1.165, 1.54) is 11.8 Å². The number of fused-ring (bicyclic) bond motifs is 1. The van der Waals surface area contributed by atoms with E-state index in [4.69, 9.17) is 4.74 Å². The topological polar surface area (TPSA) is 94.3 Å². The predicted octanol–water partition coefficient (Wildman–Crippen LogP) is 5.50. The molecule has 8 nitrogen and oxygen atoms in total. The molecule has 37 heavy (non-hydrogen) atoms. The van der Waals surface area contributed by atoms with Crippen molar-refractivity contribution >= 4 is 50.6 Å². The Hall–Kier alpha value is -4.02. The Balaban J connectivity index is 1.33. The first-order chi connectivity index (χ1) is 18.1. The summed E-state index contributed by atoms with van der Waals surface area (Å²) in [6.07, 6.45) is 5.05. The Labute approximate surface area is 225 Å². The molecule has 0 fully saturated rings. The highest BCUT2D eigenvalue weighted by atomic mass is 79.9. The second-order valence-corrected chi connectivity index (χ2v) is 9.70. The molecule has 0 atom stereocenters. The van der Waals surface area contributed by atoms with Crippen molar-refractivity contribution in [3.8, 4) is 22.8 Å². The number of nitrogens with zero attached hydrogens (tertiary/aromatic N) is 5. The predicted molar refractivity (Wildman–Crippen MR) is 149 cm³/mol. The number of thioether (sulfide) groups is 1. The third kappa shape index (κ3) is 5.55. The third-order valence-corrected chi connectivity index (χ3v) is 6.96. The Morgan fingerprint density at radius 3 is 2.70 bits per heavy atom. The van der Waals surface area contributed by atoms with Gasteiger partial charge >= 0.3 is 0 Å². The number of benzene rings is 3. The van der Waals surface area contributed by atoms with Crippen LogP contribution in [0.2, 0.25) is 0 Å². The molecule has 5 rings (SSSR count). The summed E-state index contributed by atoms with van der Waals surface area (Å²) in [4.78, 5) is 16.8. The van der Waals surface area contributed by atoms with Crippen molar-refractivity contribution in [1.82, 2.24) is 25.2 Å². The van der Waals surface area contributed by atoms with Gasteiger partial charge in [0.1, 0.15) is 5.75 Å². The Morgan fingerprint density at radius 2 is 1.92 bits per heavy atom. The minimum atomic E-state index is -0.270. The molecule has 3 aromatic carbocycles. The van der Waals surface area contributed by atoms with Crippen LogP contribution in [-0.4, -0.2) is 44.7 Å². The molecule has 0 saturated carbocycles. The number of carbonyl (C=O) groups excluding carboxylic acids is 1. The van der Waals surface area contributed by atoms with E-state index in [0.29, 0.717) is 16.7 Å². The standard InChI is InChI=1S/C27H21BrN6O2S/c1-36-24-13-8-18-5-2-3-7-22(18)23(24)16-30-31-25(35)17-37-27-33-32-26(19-6-4-14-29-15-19)34(27)21-11-9-20(28)10-12-21/h2-16H,17H2,1H3,(H,31,35). The lowest BCUT2D eigenvalue weighted by Gasteiger charge is -2.10. The van der Waals surface area contributed by atoms with Crippen LogP contribution in [0.4, 0.5) is 0 Å². The quantitative estimate of drug-likeness (QED) is 0.150. The smallest absolute Gasteiger partial charge is 0.250 e. The van der Waals surface area contributed by atoms with E-state index in [0.717, 1.165) is 32.1 Å². The number of ether oxygens (including phenoxy) is 1. The lowest BCUT2D eigenvalue weighted by molar-refractivity contribution is -0.118. The van der Waals surface area contributed by atoms with Crippen molar-refractivity contribution in [1.29, 1.82) is 0 Å². The normalized spacial score (nSPS) is 11.2. The zero-order chi connectivity index (χ0) is 25.6. The fourth-order valence-corrected chi connectivity index (χ4v) is 4.79. The molecular weight excluding hydrogens is 552 g/mol. The maximum atomic E-state index is 12.6. The van der Waals surface area contributed by atoms with Crippen LogP contribution in [0.5, 0.6) is 5.75 Å². The van der Waals surface area contributed by atoms with E-state index in [-0.39, 0.29) is 11.7 Å². The molecule has 0 aliphatic carbocycles. The molecule has 0 saturated heterocycles. The van der Waals surface area contributed by atoms with Crippen LogP contribution in [0.1, 0.15) is 5.56 Å². The summed E-state index contributed by atoms with van der Waals surface area (Å²) in [5, 5.41) is 15.5. The van der Waals surface area contributed by atoms with Crippen molar-refractivity contribution in [2.75, 3.05) is 12.9 Å². The van der Waals surface area contributed by atoms with E-state index in [9.17, 15) is 4.79 Å². The summed E-state index contributed by atoms with van der Waals surface area (Å²) in [5.41, 5.74) is 5.09. The average Bonchev–Trinajstić information content (AvgIpc) is 3.37. The number of aromatic nitrogens is 4. The molecule has 0 unspecified atom stereocenters. The molecule has 1 N–H and O–H groups in total. The minimum absolute atomic E-state index is 0.103. The lowest BCUT2D eigenvalue weighted by Crippen LogP contribution is -2.20. The summed E-state index contributed by atoms with van der Waals surface area (Å²) in [6, 6.07) is 23.4.